The Balaban J connectivity index is 2.73. The van der Waals surface area contributed by atoms with Crippen LogP contribution in [0.3, 0.4) is 0 Å². The second-order valence-electron chi connectivity index (χ2n) is 2.83. The first-order chi connectivity index (χ1) is 6.59. The van der Waals surface area contributed by atoms with Crippen molar-refractivity contribution >= 4 is 40.2 Å². The maximum Gasteiger partial charge on any atom is 0.335 e. The maximum atomic E-state index is 10.7. The van der Waals surface area contributed by atoms with Gasteiger partial charge in [0.15, 0.2) is 0 Å². The summed E-state index contributed by atoms with van der Waals surface area (Å²) in [4.78, 5) is 10.7. The van der Waals surface area contributed by atoms with Crippen LogP contribution in [0.15, 0.2) is 24.3 Å². The summed E-state index contributed by atoms with van der Waals surface area (Å²) in [6.45, 7) is 0. The molecule has 5 heteroatoms. The Bertz CT molecular complexity index is 519. The van der Waals surface area contributed by atoms with Gasteiger partial charge in [0.25, 0.3) is 0 Å². The summed E-state index contributed by atoms with van der Waals surface area (Å²) in [6.07, 6.45) is 0. The first-order valence-electron chi connectivity index (χ1n) is 3.80. The summed E-state index contributed by atoms with van der Waals surface area (Å²) >= 11 is 11.6. The van der Waals surface area contributed by atoms with Gasteiger partial charge in [0, 0.05) is 17.2 Å². The van der Waals surface area contributed by atoms with Gasteiger partial charge < -0.3 is 5.11 Å². The predicted octanol–water partition coefficient (Wildman–Crippen LogP) is 2.99. The van der Waals surface area contributed by atoms with Gasteiger partial charge in [-0.1, -0.05) is 11.6 Å². The van der Waals surface area contributed by atoms with E-state index in [0.717, 1.165) is 0 Å². The molecule has 1 aromatic heterocycles. The van der Waals surface area contributed by atoms with Crippen LogP contribution >= 0.6 is 23.4 Å². The lowest BCUT2D eigenvalue weighted by molar-refractivity contribution is 0.0697. The molecule has 0 aliphatic carbocycles. The molecule has 1 heterocycles. The van der Waals surface area contributed by atoms with Crippen molar-refractivity contribution in [1.82, 2.24) is 4.09 Å². The zero-order chi connectivity index (χ0) is 10.3. The lowest BCUT2D eigenvalue weighted by Gasteiger charge is -1.95. The number of halogens is 2. The molecule has 2 rings (SSSR count). The number of carboxylic acids is 1. The quantitative estimate of drug-likeness (QED) is 0.818. The molecule has 72 valence electrons. The number of fused-ring (bicyclic) bond motifs is 1. The average Bonchev–Trinajstić information content (AvgIpc) is 2.42. The van der Waals surface area contributed by atoms with Crippen LogP contribution in [0.1, 0.15) is 10.4 Å². The third-order valence-corrected chi connectivity index (χ3v) is 2.68. The molecule has 0 saturated carbocycles. The van der Waals surface area contributed by atoms with E-state index in [4.69, 9.17) is 28.5 Å². The normalized spacial score (nSPS) is 10.7. The number of aromatic nitrogens is 1. The van der Waals surface area contributed by atoms with Gasteiger partial charge in [0.1, 0.15) is 5.15 Å². The van der Waals surface area contributed by atoms with Crippen molar-refractivity contribution < 1.29 is 9.90 Å². The molecular formula is C9H5Cl2NO2. The molecule has 0 fully saturated rings. The third kappa shape index (κ3) is 1.35. The van der Waals surface area contributed by atoms with Crippen LogP contribution in [0.4, 0.5) is 0 Å². The van der Waals surface area contributed by atoms with Gasteiger partial charge >= 0.3 is 5.97 Å². The number of hydrogen-bond acceptors (Lipinski definition) is 1. The molecule has 1 N–H and O–H groups in total. The highest BCUT2D eigenvalue weighted by Gasteiger charge is 2.08. The van der Waals surface area contributed by atoms with Crippen LogP contribution in [0.5, 0.6) is 0 Å². The summed E-state index contributed by atoms with van der Waals surface area (Å²) < 4.78 is 1.28. The van der Waals surface area contributed by atoms with Crippen LogP contribution in [0.2, 0.25) is 5.15 Å². The minimum Gasteiger partial charge on any atom is -0.478 e. The standard InChI is InChI=1S/C9H5Cl2NO2/c10-8-4-6-3-5(9(13)14)1-2-7(6)12(8)11/h1-4H,(H,13,14). The van der Waals surface area contributed by atoms with E-state index in [1.807, 2.05) is 0 Å². The molecule has 0 saturated heterocycles. The molecule has 0 atom stereocenters. The number of rotatable bonds is 1. The third-order valence-electron chi connectivity index (χ3n) is 1.95. The van der Waals surface area contributed by atoms with E-state index in [9.17, 15) is 4.79 Å². The predicted molar refractivity (Wildman–Crippen MR) is 55.2 cm³/mol. The largest absolute Gasteiger partial charge is 0.478 e. The van der Waals surface area contributed by atoms with Gasteiger partial charge in [-0.25, -0.2) is 8.88 Å². The minimum absolute atomic E-state index is 0.219. The number of carbonyl (C=O) groups is 1. The molecule has 1 aromatic carbocycles. The van der Waals surface area contributed by atoms with E-state index in [0.29, 0.717) is 16.1 Å². The van der Waals surface area contributed by atoms with Crippen molar-refractivity contribution in [3.05, 3.63) is 35.0 Å². The van der Waals surface area contributed by atoms with Gasteiger partial charge in [-0.05, 0) is 24.3 Å². The smallest absolute Gasteiger partial charge is 0.335 e. The lowest BCUT2D eigenvalue weighted by Crippen LogP contribution is -1.94. The summed E-state index contributed by atoms with van der Waals surface area (Å²) in [6, 6.07) is 6.26. The molecule has 0 aliphatic rings. The van der Waals surface area contributed by atoms with Gasteiger partial charge in [0.05, 0.1) is 11.1 Å². The molecular weight excluding hydrogens is 225 g/mol. The summed E-state index contributed by atoms with van der Waals surface area (Å²) in [5.74, 6) is -0.967. The molecule has 0 amide bonds. The Morgan fingerprint density at radius 3 is 2.71 bits per heavy atom. The van der Waals surface area contributed by atoms with E-state index in [-0.39, 0.29) is 5.56 Å². The average molecular weight is 230 g/mol. The minimum atomic E-state index is -0.967. The van der Waals surface area contributed by atoms with Crippen molar-refractivity contribution in [3.8, 4) is 0 Å². The van der Waals surface area contributed by atoms with Crippen molar-refractivity contribution in [2.45, 2.75) is 0 Å². The van der Waals surface area contributed by atoms with E-state index in [2.05, 4.69) is 0 Å². The lowest BCUT2D eigenvalue weighted by atomic mass is 10.1. The van der Waals surface area contributed by atoms with Crippen LogP contribution < -0.4 is 0 Å². The van der Waals surface area contributed by atoms with Crippen molar-refractivity contribution in [1.29, 1.82) is 0 Å². The zero-order valence-electron chi connectivity index (χ0n) is 6.87. The molecule has 0 radical (unpaired) electrons. The van der Waals surface area contributed by atoms with Crippen LogP contribution in [0.25, 0.3) is 10.9 Å². The van der Waals surface area contributed by atoms with Crippen LogP contribution in [0, 0.1) is 0 Å². The zero-order valence-corrected chi connectivity index (χ0v) is 8.38. The topological polar surface area (TPSA) is 42.2 Å². The number of hydrogen-bond donors (Lipinski definition) is 1. The number of carboxylic acid groups (broad SMARTS) is 1. The SMILES string of the molecule is O=C(O)c1ccc2c(c1)cc(Cl)n2Cl. The Hall–Kier alpha value is -1.19. The van der Waals surface area contributed by atoms with Gasteiger partial charge in [-0.3, -0.25) is 0 Å². The summed E-state index contributed by atoms with van der Waals surface area (Å²) in [5.41, 5.74) is 0.915. The van der Waals surface area contributed by atoms with E-state index in [1.54, 1.807) is 12.1 Å². The Labute approximate surface area is 89.6 Å². The first kappa shape index (κ1) is 9.37. The van der Waals surface area contributed by atoms with Gasteiger partial charge in [-0.15, -0.1) is 0 Å². The molecule has 0 unspecified atom stereocenters. The highest BCUT2D eigenvalue weighted by molar-refractivity contribution is 6.35. The fourth-order valence-corrected chi connectivity index (χ4v) is 1.69. The van der Waals surface area contributed by atoms with E-state index in [1.165, 1.54) is 16.2 Å². The molecule has 0 spiro atoms. The van der Waals surface area contributed by atoms with Gasteiger partial charge in [-0.2, -0.15) is 0 Å². The Kier molecular flexibility index (Phi) is 2.13. The van der Waals surface area contributed by atoms with Crippen LogP contribution in [-0.2, 0) is 0 Å². The second kappa shape index (κ2) is 3.19. The van der Waals surface area contributed by atoms with Crippen molar-refractivity contribution in [2.24, 2.45) is 0 Å². The second-order valence-corrected chi connectivity index (χ2v) is 3.55. The van der Waals surface area contributed by atoms with E-state index >= 15 is 0 Å². The van der Waals surface area contributed by atoms with Crippen molar-refractivity contribution in [3.63, 3.8) is 0 Å². The fraction of sp³-hybridized carbons (Fsp3) is 0. The van der Waals surface area contributed by atoms with Gasteiger partial charge in [0.2, 0.25) is 0 Å². The number of benzene rings is 1. The molecule has 14 heavy (non-hydrogen) atoms. The molecule has 3 nitrogen and oxygen atoms in total. The molecule has 0 aliphatic heterocycles. The number of nitrogens with zero attached hydrogens (tertiary/aromatic N) is 1. The maximum absolute atomic E-state index is 10.7. The molecule has 0 bridgehead atoms. The summed E-state index contributed by atoms with van der Waals surface area (Å²) in [7, 11) is 0. The van der Waals surface area contributed by atoms with Crippen LogP contribution in [-0.4, -0.2) is 15.2 Å². The highest BCUT2D eigenvalue weighted by atomic mass is 35.5. The Morgan fingerprint density at radius 2 is 2.07 bits per heavy atom. The monoisotopic (exact) mass is 229 g/mol. The number of aromatic carboxylic acids is 1. The highest BCUT2D eigenvalue weighted by Crippen LogP contribution is 2.25. The fourth-order valence-electron chi connectivity index (χ4n) is 1.28. The first-order valence-corrected chi connectivity index (χ1v) is 4.51. The summed E-state index contributed by atoms with van der Waals surface area (Å²) in [5, 5.41) is 9.83. The van der Waals surface area contributed by atoms with Crippen molar-refractivity contribution in [2.75, 3.05) is 0 Å². The molecule has 2 aromatic rings. The Morgan fingerprint density at radius 1 is 1.36 bits per heavy atom. The van der Waals surface area contributed by atoms with E-state index < -0.39 is 5.97 Å².